The quantitative estimate of drug-likeness (QED) is 0.580. The highest BCUT2D eigenvalue weighted by molar-refractivity contribution is 6.30. The van der Waals surface area contributed by atoms with E-state index in [9.17, 15) is 0 Å². The van der Waals surface area contributed by atoms with Gasteiger partial charge in [-0.1, -0.05) is 31.5 Å². The minimum absolute atomic E-state index is 0.804. The second-order valence-corrected chi connectivity index (χ2v) is 4.09. The van der Waals surface area contributed by atoms with Gasteiger partial charge in [0.05, 0.1) is 5.69 Å². The van der Waals surface area contributed by atoms with Crippen LogP contribution in [0.5, 0.6) is 0 Å². The second-order valence-electron chi connectivity index (χ2n) is 3.65. The van der Waals surface area contributed by atoms with Crippen molar-refractivity contribution in [2.24, 2.45) is 7.05 Å². The summed E-state index contributed by atoms with van der Waals surface area (Å²) in [6.07, 6.45) is 3.03. The highest BCUT2D eigenvalue weighted by Gasteiger charge is 2.21. The van der Waals surface area contributed by atoms with Crippen LogP contribution in [0.25, 0.3) is 11.3 Å². The molecule has 1 aliphatic carbocycles. The first kappa shape index (κ1) is 11.2. The van der Waals surface area contributed by atoms with Crippen LogP contribution in [0, 0.1) is 0 Å². The summed E-state index contributed by atoms with van der Waals surface area (Å²) in [7, 11) is 1.95. The number of aryl methyl sites for hydroxylation is 1. The number of hydrogen-bond acceptors (Lipinski definition) is 1. The first-order valence-electron chi connectivity index (χ1n) is 5.55. The van der Waals surface area contributed by atoms with Crippen LogP contribution < -0.4 is 0 Å². The molecule has 0 atom stereocenters. The van der Waals surface area contributed by atoms with Crippen molar-refractivity contribution in [3.63, 3.8) is 0 Å². The molecule has 0 spiro atoms. The van der Waals surface area contributed by atoms with Gasteiger partial charge in [-0.05, 0) is 17.7 Å². The first-order valence-corrected chi connectivity index (χ1v) is 5.93. The lowest BCUT2D eigenvalue weighted by Crippen LogP contribution is -1.89. The Kier molecular flexibility index (Phi) is 3.01. The van der Waals surface area contributed by atoms with Crippen LogP contribution in [0.15, 0.2) is 24.4 Å². The number of nitrogens with zero attached hydrogens (tertiary/aromatic N) is 2. The van der Waals surface area contributed by atoms with E-state index >= 15 is 0 Å². The van der Waals surface area contributed by atoms with Crippen molar-refractivity contribution >= 4 is 11.6 Å². The molecule has 84 valence electrons. The molecule has 0 radical (unpaired) electrons. The molecule has 0 N–H and O–H groups in total. The van der Waals surface area contributed by atoms with E-state index in [-0.39, 0.29) is 0 Å². The van der Waals surface area contributed by atoms with Gasteiger partial charge in [0, 0.05) is 35.8 Å². The summed E-state index contributed by atoms with van der Waals surface area (Å²) in [6, 6.07) is 6.00. The van der Waals surface area contributed by atoms with Crippen molar-refractivity contribution in [2.75, 3.05) is 0 Å². The molecule has 3 rings (SSSR count). The van der Waals surface area contributed by atoms with Crippen molar-refractivity contribution in [1.29, 1.82) is 0 Å². The molecule has 2 aromatic rings. The third kappa shape index (κ3) is 1.74. The normalized spacial score (nSPS) is 11.5. The Morgan fingerprint density at radius 2 is 2.00 bits per heavy atom. The zero-order valence-electron chi connectivity index (χ0n) is 9.79. The van der Waals surface area contributed by atoms with Crippen LogP contribution in [-0.2, 0) is 13.5 Å². The Bertz CT molecular complexity index is 515. The van der Waals surface area contributed by atoms with Gasteiger partial charge in [0.1, 0.15) is 0 Å². The highest BCUT2D eigenvalue weighted by Crippen LogP contribution is 2.36. The zero-order chi connectivity index (χ0) is 11.7. The number of rotatable bonds is 0. The van der Waals surface area contributed by atoms with Crippen molar-refractivity contribution < 1.29 is 0 Å². The maximum absolute atomic E-state index is 5.94. The fourth-order valence-corrected chi connectivity index (χ4v) is 2.23. The largest absolute Gasteiger partial charge is 0.275 e. The summed E-state index contributed by atoms with van der Waals surface area (Å²) in [5, 5.41) is 5.24. The van der Waals surface area contributed by atoms with E-state index in [2.05, 4.69) is 17.4 Å². The van der Waals surface area contributed by atoms with E-state index in [1.807, 2.05) is 37.7 Å². The molecular formula is C13H15ClN2. The average molecular weight is 235 g/mol. The maximum Gasteiger partial charge on any atom is 0.0961 e. The van der Waals surface area contributed by atoms with Crippen molar-refractivity contribution in [1.82, 2.24) is 9.78 Å². The predicted molar refractivity (Wildman–Crippen MR) is 67.8 cm³/mol. The van der Waals surface area contributed by atoms with Crippen LogP contribution in [0.1, 0.15) is 25.0 Å². The molecule has 2 nitrogen and oxygen atoms in total. The average Bonchev–Trinajstić information content (AvgIpc) is 2.76. The van der Waals surface area contributed by atoms with Gasteiger partial charge in [-0.2, -0.15) is 5.10 Å². The molecule has 1 aromatic heterocycles. The van der Waals surface area contributed by atoms with Crippen LogP contribution in [0.3, 0.4) is 0 Å². The second kappa shape index (κ2) is 4.30. The summed E-state index contributed by atoms with van der Waals surface area (Å²) in [6.45, 7) is 4.00. The molecule has 0 fully saturated rings. The Labute approximate surface area is 101 Å². The topological polar surface area (TPSA) is 17.8 Å². The highest BCUT2D eigenvalue weighted by atomic mass is 35.5. The van der Waals surface area contributed by atoms with Gasteiger partial charge in [-0.25, -0.2) is 0 Å². The molecule has 1 aromatic carbocycles. The van der Waals surface area contributed by atoms with Crippen LogP contribution >= 0.6 is 11.6 Å². The maximum atomic E-state index is 5.94. The number of fused-ring (bicyclic) bond motifs is 3. The zero-order valence-corrected chi connectivity index (χ0v) is 10.5. The summed E-state index contributed by atoms with van der Waals surface area (Å²) >= 11 is 5.94. The minimum Gasteiger partial charge on any atom is -0.275 e. The predicted octanol–water partition coefficient (Wildman–Crippen LogP) is 3.67. The summed E-state index contributed by atoms with van der Waals surface area (Å²) < 4.78 is 1.86. The molecular weight excluding hydrogens is 220 g/mol. The lowest BCUT2D eigenvalue weighted by molar-refractivity contribution is 0.768. The van der Waals surface area contributed by atoms with Crippen LogP contribution in [0.4, 0.5) is 0 Å². The van der Waals surface area contributed by atoms with E-state index in [1.165, 1.54) is 16.7 Å². The molecule has 1 aliphatic rings. The van der Waals surface area contributed by atoms with E-state index in [0.717, 1.165) is 17.1 Å². The molecule has 1 heterocycles. The lowest BCUT2D eigenvalue weighted by Gasteiger charge is -1.99. The van der Waals surface area contributed by atoms with Gasteiger partial charge >= 0.3 is 0 Å². The Morgan fingerprint density at radius 3 is 2.75 bits per heavy atom. The monoisotopic (exact) mass is 234 g/mol. The minimum atomic E-state index is 0.804. The van der Waals surface area contributed by atoms with E-state index < -0.39 is 0 Å². The summed E-state index contributed by atoms with van der Waals surface area (Å²) in [4.78, 5) is 0. The van der Waals surface area contributed by atoms with Crippen molar-refractivity contribution in [3.05, 3.63) is 40.5 Å². The van der Waals surface area contributed by atoms with Gasteiger partial charge in [0.15, 0.2) is 0 Å². The molecule has 0 amide bonds. The number of halogens is 1. The fourth-order valence-electron chi connectivity index (χ4n) is 2.04. The van der Waals surface area contributed by atoms with Crippen LogP contribution in [-0.4, -0.2) is 9.78 Å². The van der Waals surface area contributed by atoms with E-state index in [4.69, 9.17) is 11.6 Å². The molecule has 0 bridgehead atoms. The van der Waals surface area contributed by atoms with Crippen molar-refractivity contribution in [3.8, 4) is 11.3 Å². The molecule has 0 saturated heterocycles. The molecule has 3 heteroatoms. The molecule has 16 heavy (non-hydrogen) atoms. The summed E-state index contributed by atoms with van der Waals surface area (Å²) in [5.74, 6) is 0. The van der Waals surface area contributed by atoms with Gasteiger partial charge in [0.2, 0.25) is 0 Å². The van der Waals surface area contributed by atoms with Gasteiger partial charge in [-0.15, -0.1) is 0 Å². The Balaban J connectivity index is 0.000000457. The Morgan fingerprint density at radius 1 is 1.25 bits per heavy atom. The number of benzene rings is 1. The lowest BCUT2D eigenvalue weighted by atomic mass is 10.1. The van der Waals surface area contributed by atoms with Gasteiger partial charge in [0.25, 0.3) is 0 Å². The first-order chi connectivity index (χ1) is 7.74. The smallest absolute Gasteiger partial charge is 0.0961 e. The molecule has 0 unspecified atom stereocenters. The third-order valence-corrected chi connectivity index (χ3v) is 2.84. The summed E-state index contributed by atoms with van der Waals surface area (Å²) in [5.41, 5.74) is 4.92. The fraction of sp³-hybridized carbons (Fsp3) is 0.308. The van der Waals surface area contributed by atoms with Crippen molar-refractivity contribution in [2.45, 2.75) is 20.3 Å². The molecule has 0 saturated carbocycles. The standard InChI is InChI=1S/C11H9ClN2.C2H6/c1-14-6-8-4-7-5-9(12)2-3-10(7)11(8)13-14;1-2/h2-3,5-6H,4H2,1H3;1-2H3. The molecule has 0 aliphatic heterocycles. The van der Waals surface area contributed by atoms with Gasteiger partial charge in [-0.3, -0.25) is 4.68 Å². The van der Waals surface area contributed by atoms with Gasteiger partial charge < -0.3 is 0 Å². The van der Waals surface area contributed by atoms with E-state index in [1.54, 1.807) is 0 Å². The Hall–Kier alpha value is -1.28. The number of hydrogen-bond donors (Lipinski definition) is 0. The number of aromatic nitrogens is 2. The third-order valence-electron chi connectivity index (χ3n) is 2.61. The van der Waals surface area contributed by atoms with E-state index in [0.29, 0.717) is 0 Å². The SMILES string of the molecule is CC.Cn1cc2c(n1)-c1ccc(Cl)cc1C2. The van der Waals surface area contributed by atoms with Crippen LogP contribution in [0.2, 0.25) is 5.02 Å².